The van der Waals surface area contributed by atoms with Crippen molar-refractivity contribution in [2.75, 3.05) is 17.2 Å². The molecule has 0 unspecified atom stereocenters. The van der Waals surface area contributed by atoms with E-state index in [-0.39, 0.29) is 5.91 Å². The van der Waals surface area contributed by atoms with E-state index in [0.29, 0.717) is 15.9 Å². The molecule has 0 bridgehead atoms. The summed E-state index contributed by atoms with van der Waals surface area (Å²) in [6.07, 6.45) is 1.69. The number of fused-ring (bicyclic) bond motifs is 1. The van der Waals surface area contributed by atoms with Gasteiger partial charge in [0.05, 0.1) is 6.33 Å². The zero-order chi connectivity index (χ0) is 13.2. The third-order valence-corrected chi connectivity index (χ3v) is 3.28. The van der Waals surface area contributed by atoms with Crippen molar-refractivity contribution >= 4 is 29.6 Å². The van der Waals surface area contributed by atoms with E-state index in [1.54, 1.807) is 18.5 Å². The van der Waals surface area contributed by atoms with E-state index in [2.05, 4.69) is 15.6 Å². The Hall–Kier alpha value is -2.21. The summed E-state index contributed by atoms with van der Waals surface area (Å²) in [5.41, 5.74) is 1.17. The Morgan fingerprint density at radius 3 is 2.95 bits per heavy atom. The van der Waals surface area contributed by atoms with E-state index in [9.17, 15) is 4.79 Å². The minimum atomic E-state index is -0.184. The lowest BCUT2D eigenvalue weighted by molar-refractivity contribution is 0.102. The first-order valence-corrected chi connectivity index (χ1v) is 6.36. The number of amides is 1. The molecule has 2 heterocycles. The lowest BCUT2D eigenvalue weighted by Gasteiger charge is -2.10. The molecule has 0 radical (unpaired) electrons. The molecule has 6 heteroatoms. The first-order chi connectivity index (χ1) is 9.25. The van der Waals surface area contributed by atoms with Crippen LogP contribution in [0, 0.1) is 4.64 Å². The van der Waals surface area contributed by atoms with Gasteiger partial charge in [-0.05, 0) is 12.1 Å². The van der Waals surface area contributed by atoms with Crippen LogP contribution >= 0.6 is 12.2 Å². The van der Waals surface area contributed by atoms with Crippen molar-refractivity contribution < 1.29 is 4.79 Å². The summed E-state index contributed by atoms with van der Waals surface area (Å²) >= 11 is 5.18. The monoisotopic (exact) mass is 272 g/mol. The second kappa shape index (κ2) is 4.81. The Morgan fingerprint density at radius 1 is 1.37 bits per heavy atom. The molecule has 19 heavy (non-hydrogen) atoms. The predicted octanol–water partition coefficient (Wildman–Crippen LogP) is 2.29. The number of hydrogen-bond donors (Lipinski definition) is 2. The van der Waals surface area contributed by atoms with Gasteiger partial charge in [0, 0.05) is 18.7 Å². The van der Waals surface area contributed by atoms with Crippen LogP contribution in [-0.4, -0.2) is 22.0 Å². The van der Waals surface area contributed by atoms with Crippen LogP contribution in [0.2, 0.25) is 0 Å². The summed E-state index contributed by atoms with van der Waals surface area (Å²) in [6, 6.07) is 9.04. The van der Waals surface area contributed by atoms with Gasteiger partial charge in [0.15, 0.2) is 4.64 Å². The number of aromatic nitrogens is 2. The van der Waals surface area contributed by atoms with Crippen LogP contribution in [0.3, 0.4) is 0 Å². The molecule has 0 saturated carbocycles. The largest absolute Gasteiger partial charge is 0.368 e. The summed E-state index contributed by atoms with van der Waals surface area (Å²) < 4.78 is 2.33. The fourth-order valence-corrected chi connectivity index (χ4v) is 2.23. The van der Waals surface area contributed by atoms with Gasteiger partial charge < -0.3 is 15.2 Å². The van der Waals surface area contributed by atoms with E-state index < -0.39 is 0 Å². The molecule has 1 amide bonds. The molecule has 1 aliphatic heterocycles. The van der Waals surface area contributed by atoms with E-state index in [1.807, 2.05) is 22.8 Å². The lowest BCUT2D eigenvalue weighted by atomic mass is 10.2. The van der Waals surface area contributed by atoms with Crippen molar-refractivity contribution in [3.63, 3.8) is 0 Å². The summed E-state index contributed by atoms with van der Waals surface area (Å²) in [5, 5.41) is 6.05. The van der Waals surface area contributed by atoms with Crippen LogP contribution in [0.4, 0.5) is 11.5 Å². The molecule has 2 aromatic rings. The van der Waals surface area contributed by atoms with E-state index in [4.69, 9.17) is 12.2 Å². The smallest absolute Gasteiger partial charge is 0.255 e. The first-order valence-electron chi connectivity index (χ1n) is 5.95. The molecule has 0 atom stereocenters. The summed E-state index contributed by atoms with van der Waals surface area (Å²) in [4.78, 5) is 16.3. The van der Waals surface area contributed by atoms with Gasteiger partial charge in [0.1, 0.15) is 11.5 Å². The quantitative estimate of drug-likeness (QED) is 0.824. The van der Waals surface area contributed by atoms with Gasteiger partial charge in [-0.1, -0.05) is 30.4 Å². The molecular weight excluding hydrogens is 260 g/mol. The molecule has 2 N–H and O–H groups in total. The highest BCUT2D eigenvalue weighted by atomic mass is 32.1. The molecule has 5 nitrogen and oxygen atoms in total. The average Bonchev–Trinajstić information content (AvgIpc) is 2.91. The van der Waals surface area contributed by atoms with Crippen molar-refractivity contribution in [2.24, 2.45) is 0 Å². The van der Waals surface area contributed by atoms with Gasteiger partial charge in [-0.15, -0.1) is 0 Å². The SMILES string of the molecule is O=C(Nc1c2n(cnc1=S)CCN2)c1ccccc1. The van der Waals surface area contributed by atoms with E-state index in [0.717, 1.165) is 18.9 Å². The van der Waals surface area contributed by atoms with Crippen molar-refractivity contribution in [3.05, 3.63) is 46.9 Å². The van der Waals surface area contributed by atoms with Crippen molar-refractivity contribution in [1.82, 2.24) is 9.55 Å². The Kier molecular flexibility index (Phi) is 3.00. The van der Waals surface area contributed by atoms with E-state index >= 15 is 0 Å². The number of carbonyl (C=O) groups excluding carboxylic acids is 1. The van der Waals surface area contributed by atoms with Gasteiger partial charge in [-0.25, -0.2) is 4.98 Å². The maximum Gasteiger partial charge on any atom is 0.255 e. The third-order valence-electron chi connectivity index (χ3n) is 2.97. The normalized spacial score (nSPS) is 12.6. The minimum Gasteiger partial charge on any atom is -0.368 e. The zero-order valence-corrected chi connectivity index (χ0v) is 10.9. The fourth-order valence-electron chi connectivity index (χ4n) is 2.03. The Balaban J connectivity index is 1.95. The van der Waals surface area contributed by atoms with Crippen molar-refractivity contribution in [1.29, 1.82) is 0 Å². The van der Waals surface area contributed by atoms with Gasteiger partial charge in [-0.2, -0.15) is 0 Å². The molecule has 1 aliphatic rings. The number of hydrogen-bond acceptors (Lipinski definition) is 4. The average molecular weight is 272 g/mol. The summed E-state index contributed by atoms with van der Waals surface area (Å²) in [5.74, 6) is 0.639. The predicted molar refractivity (Wildman–Crippen MR) is 75.9 cm³/mol. The highest BCUT2D eigenvalue weighted by Crippen LogP contribution is 2.25. The molecule has 3 rings (SSSR count). The summed E-state index contributed by atoms with van der Waals surface area (Å²) in [7, 11) is 0. The number of nitrogens with zero attached hydrogens (tertiary/aromatic N) is 2. The number of rotatable bonds is 2. The molecule has 0 saturated heterocycles. The Morgan fingerprint density at radius 2 is 2.16 bits per heavy atom. The number of anilines is 2. The Bertz CT molecular complexity index is 681. The number of benzene rings is 1. The topological polar surface area (TPSA) is 59.0 Å². The molecule has 0 spiro atoms. The lowest BCUT2D eigenvalue weighted by Crippen LogP contribution is -2.14. The molecule has 0 aliphatic carbocycles. The number of carbonyl (C=O) groups is 1. The first kappa shape index (κ1) is 11.9. The van der Waals surface area contributed by atoms with Crippen LogP contribution in [0.25, 0.3) is 0 Å². The highest BCUT2D eigenvalue weighted by Gasteiger charge is 2.17. The van der Waals surface area contributed by atoms with Gasteiger partial charge >= 0.3 is 0 Å². The molecule has 1 aromatic carbocycles. The van der Waals surface area contributed by atoms with Crippen LogP contribution in [0.1, 0.15) is 10.4 Å². The molecular formula is C13H12N4OS. The second-order valence-corrected chi connectivity index (χ2v) is 4.60. The van der Waals surface area contributed by atoms with Gasteiger partial charge in [-0.3, -0.25) is 4.79 Å². The molecule has 1 aromatic heterocycles. The third kappa shape index (κ3) is 2.22. The fraction of sp³-hybridized carbons (Fsp3) is 0.154. The highest BCUT2D eigenvalue weighted by molar-refractivity contribution is 7.71. The van der Waals surface area contributed by atoms with Crippen molar-refractivity contribution in [3.8, 4) is 0 Å². The molecule has 0 fully saturated rings. The number of nitrogens with one attached hydrogen (secondary N) is 2. The second-order valence-electron chi connectivity index (χ2n) is 4.21. The van der Waals surface area contributed by atoms with Crippen LogP contribution in [-0.2, 0) is 6.54 Å². The molecule has 96 valence electrons. The maximum absolute atomic E-state index is 12.1. The van der Waals surface area contributed by atoms with Gasteiger partial charge in [0.2, 0.25) is 0 Å². The van der Waals surface area contributed by atoms with Crippen molar-refractivity contribution in [2.45, 2.75) is 6.54 Å². The van der Waals surface area contributed by atoms with Crippen LogP contribution in [0.5, 0.6) is 0 Å². The standard InChI is InChI=1S/C13H12N4OS/c18-12(9-4-2-1-3-5-9)16-10-11-14-6-7-17(11)8-15-13(10)19/h1-5,8,14H,6-7H2,(H,16,18). The minimum absolute atomic E-state index is 0.184. The zero-order valence-electron chi connectivity index (χ0n) is 10.1. The summed E-state index contributed by atoms with van der Waals surface area (Å²) in [6.45, 7) is 1.64. The Labute approximate surface area is 115 Å². The van der Waals surface area contributed by atoms with Crippen LogP contribution in [0.15, 0.2) is 36.7 Å². The maximum atomic E-state index is 12.1. The van der Waals surface area contributed by atoms with Crippen LogP contribution < -0.4 is 10.6 Å². The van der Waals surface area contributed by atoms with E-state index in [1.165, 1.54) is 0 Å². The van der Waals surface area contributed by atoms with Gasteiger partial charge in [0.25, 0.3) is 5.91 Å².